The fourth-order valence-corrected chi connectivity index (χ4v) is 3.69. The van der Waals surface area contributed by atoms with Crippen LogP contribution in [0.4, 0.5) is 8.78 Å². The zero-order valence-corrected chi connectivity index (χ0v) is 19.9. The van der Waals surface area contributed by atoms with Gasteiger partial charge in [-0.3, -0.25) is 0 Å². The summed E-state index contributed by atoms with van der Waals surface area (Å²) in [5, 5.41) is 3.56. The van der Waals surface area contributed by atoms with Crippen LogP contribution in [0.25, 0.3) is 11.5 Å². The number of benzene rings is 2. The largest absolute Gasteiger partial charge is 0.444 e. The van der Waals surface area contributed by atoms with Crippen LogP contribution in [0, 0.1) is 24.5 Å². The molecule has 6 heteroatoms. The maximum Gasteiger partial charge on any atom is 0.228 e. The van der Waals surface area contributed by atoms with Crippen LogP contribution in [0.3, 0.4) is 0 Å². The van der Waals surface area contributed by atoms with Crippen LogP contribution in [0.15, 0.2) is 53.3 Å². The fourth-order valence-electron chi connectivity index (χ4n) is 3.57. The molecule has 182 valence electrons. The number of aromatic nitrogens is 1. The summed E-state index contributed by atoms with van der Waals surface area (Å²) in [4.78, 5) is 3.78. The van der Waals surface area contributed by atoms with Gasteiger partial charge < -0.3 is 9.73 Å². The van der Waals surface area contributed by atoms with Gasteiger partial charge in [0.2, 0.25) is 5.89 Å². The SMILES string of the molecule is C.CCC1CCCCC1.CNCc1ccc(-c2ncco2)c(F)c1F.Cc1ccc(Cl)cc1. The summed E-state index contributed by atoms with van der Waals surface area (Å²) in [6, 6.07) is 10.7. The van der Waals surface area contributed by atoms with Gasteiger partial charge in [0, 0.05) is 17.1 Å². The first-order chi connectivity index (χ1) is 15.5. The van der Waals surface area contributed by atoms with Crippen molar-refractivity contribution in [2.24, 2.45) is 5.92 Å². The van der Waals surface area contributed by atoms with Crippen LogP contribution < -0.4 is 5.32 Å². The van der Waals surface area contributed by atoms with Gasteiger partial charge in [0.25, 0.3) is 0 Å². The average Bonchev–Trinajstić information content (AvgIpc) is 3.35. The molecule has 0 saturated heterocycles. The predicted octanol–water partition coefficient (Wildman–Crippen LogP) is 8.60. The van der Waals surface area contributed by atoms with E-state index in [1.54, 1.807) is 7.05 Å². The molecule has 0 spiro atoms. The van der Waals surface area contributed by atoms with Crippen molar-refractivity contribution < 1.29 is 13.2 Å². The molecule has 3 aromatic rings. The van der Waals surface area contributed by atoms with Gasteiger partial charge in [0.15, 0.2) is 11.6 Å². The Balaban J connectivity index is 0.000000271. The molecular formula is C27H37ClF2N2O. The molecule has 1 heterocycles. The van der Waals surface area contributed by atoms with E-state index < -0.39 is 11.6 Å². The van der Waals surface area contributed by atoms with Crippen LogP contribution >= 0.6 is 11.6 Å². The molecule has 0 unspecified atom stereocenters. The van der Waals surface area contributed by atoms with Gasteiger partial charge in [0.05, 0.1) is 11.8 Å². The van der Waals surface area contributed by atoms with Crippen LogP contribution in [0.1, 0.15) is 64.0 Å². The smallest absolute Gasteiger partial charge is 0.228 e. The second kappa shape index (κ2) is 15.6. The Hall–Kier alpha value is -2.24. The van der Waals surface area contributed by atoms with Crippen molar-refractivity contribution in [2.75, 3.05) is 7.05 Å². The van der Waals surface area contributed by atoms with E-state index in [4.69, 9.17) is 16.0 Å². The molecule has 1 saturated carbocycles. The molecule has 0 atom stereocenters. The highest BCUT2D eigenvalue weighted by Gasteiger charge is 2.16. The molecular weight excluding hydrogens is 442 g/mol. The highest BCUT2D eigenvalue weighted by atomic mass is 35.5. The minimum absolute atomic E-state index is 0. The van der Waals surface area contributed by atoms with Crippen molar-refractivity contribution in [3.63, 3.8) is 0 Å². The lowest BCUT2D eigenvalue weighted by Gasteiger charge is -2.18. The highest BCUT2D eigenvalue weighted by Crippen LogP contribution is 2.26. The molecule has 0 bridgehead atoms. The Labute approximate surface area is 202 Å². The number of nitrogens with zero attached hydrogens (tertiary/aromatic N) is 1. The second-order valence-corrected chi connectivity index (χ2v) is 8.41. The van der Waals surface area contributed by atoms with Crippen molar-refractivity contribution in [3.8, 4) is 11.5 Å². The monoisotopic (exact) mass is 478 g/mol. The molecule has 1 aliphatic carbocycles. The molecule has 1 fully saturated rings. The van der Waals surface area contributed by atoms with Crippen molar-refractivity contribution in [1.29, 1.82) is 0 Å². The van der Waals surface area contributed by atoms with E-state index in [9.17, 15) is 8.78 Å². The van der Waals surface area contributed by atoms with E-state index >= 15 is 0 Å². The van der Waals surface area contributed by atoms with Crippen LogP contribution in [0.5, 0.6) is 0 Å². The number of nitrogens with one attached hydrogen (secondary N) is 1. The minimum atomic E-state index is -0.935. The summed E-state index contributed by atoms with van der Waals surface area (Å²) >= 11 is 5.61. The zero-order valence-electron chi connectivity index (χ0n) is 19.1. The highest BCUT2D eigenvalue weighted by molar-refractivity contribution is 6.30. The Morgan fingerprint density at radius 1 is 1.03 bits per heavy atom. The summed E-state index contributed by atoms with van der Waals surface area (Å²) in [7, 11) is 1.67. The third-order valence-electron chi connectivity index (χ3n) is 5.51. The van der Waals surface area contributed by atoms with Gasteiger partial charge in [-0.05, 0) is 38.1 Å². The third-order valence-corrected chi connectivity index (χ3v) is 5.76. The van der Waals surface area contributed by atoms with Crippen LogP contribution in [-0.2, 0) is 6.54 Å². The van der Waals surface area contributed by atoms with Crippen molar-refractivity contribution in [1.82, 2.24) is 10.3 Å². The van der Waals surface area contributed by atoms with E-state index in [0.29, 0.717) is 0 Å². The summed E-state index contributed by atoms with van der Waals surface area (Å²) in [5.41, 5.74) is 1.55. The van der Waals surface area contributed by atoms with E-state index in [1.165, 1.54) is 68.7 Å². The van der Waals surface area contributed by atoms with Gasteiger partial charge in [-0.15, -0.1) is 0 Å². The lowest BCUT2D eigenvalue weighted by Crippen LogP contribution is -2.08. The predicted molar refractivity (Wildman–Crippen MR) is 134 cm³/mol. The second-order valence-electron chi connectivity index (χ2n) is 7.98. The molecule has 33 heavy (non-hydrogen) atoms. The molecule has 3 nitrogen and oxygen atoms in total. The number of rotatable bonds is 4. The Morgan fingerprint density at radius 3 is 2.18 bits per heavy atom. The quantitative estimate of drug-likeness (QED) is 0.408. The summed E-state index contributed by atoms with van der Waals surface area (Å²) in [6.07, 6.45) is 11.6. The maximum atomic E-state index is 13.6. The van der Waals surface area contributed by atoms with Crippen molar-refractivity contribution in [2.45, 2.75) is 66.3 Å². The van der Waals surface area contributed by atoms with E-state index in [2.05, 4.69) is 17.2 Å². The van der Waals surface area contributed by atoms with Crippen molar-refractivity contribution in [3.05, 3.63) is 76.6 Å². The number of aryl methyl sites for hydroxylation is 1. The first-order valence-corrected chi connectivity index (χ1v) is 11.6. The first-order valence-electron chi connectivity index (χ1n) is 11.2. The molecule has 0 radical (unpaired) electrons. The van der Waals surface area contributed by atoms with Crippen molar-refractivity contribution >= 4 is 11.6 Å². The molecule has 1 aromatic heterocycles. The van der Waals surface area contributed by atoms with Gasteiger partial charge in [-0.2, -0.15) is 0 Å². The van der Waals surface area contributed by atoms with Gasteiger partial charge >= 0.3 is 0 Å². The fraction of sp³-hybridized carbons (Fsp3) is 0.444. The molecule has 0 amide bonds. The van der Waals surface area contributed by atoms with Crippen LogP contribution in [-0.4, -0.2) is 12.0 Å². The molecule has 0 aliphatic heterocycles. The van der Waals surface area contributed by atoms with Crippen LogP contribution in [0.2, 0.25) is 5.02 Å². The molecule has 2 aromatic carbocycles. The number of hydrogen-bond donors (Lipinski definition) is 1. The first kappa shape index (κ1) is 28.8. The topological polar surface area (TPSA) is 38.1 Å². The van der Waals surface area contributed by atoms with E-state index in [-0.39, 0.29) is 31.0 Å². The van der Waals surface area contributed by atoms with Gasteiger partial charge in [0.1, 0.15) is 6.26 Å². The molecule has 1 aliphatic rings. The standard InChI is InChI=1S/C11H10F2N2O.C8H16.C7H7Cl.CH4/c1-14-6-7-2-3-8(10(13)9(7)12)11-15-4-5-16-11;1-2-8-6-4-3-5-7-8;1-6-2-4-7(8)5-3-6;/h2-5,14H,6H2,1H3;8H,2-7H2,1H3;2-5H,1H3;1H4. The number of oxazole rings is 1. The summed E-state index contributed by atoms with van der Waals surface area (Å²) in [5.74, 6) is -0.642. The minimum Gasteiger partial charge on any atom is -0.444 e. The number of halogens is 3. The Morgan fingerprint density at radius 2 is 1.70 bits per heavy atom. The number of hydrogen-bond acceptors (Lipinski definition) is 3. The maximum absolute atomic E-state index is 13.6. The summed E-state index contributed by atoms with van der Waals surface area (Å²) < 4.78 is 32.1. The van der Waals surface area contributed by atoms with Gasteiger partial charge in [-0.25, -0.2) is 13.8 Å². The van der Waals surface area contributed by atoms with E-state index in [0.717, 1.165) is 10.9 Å². The van der Waals surface area contributed by atoms with Gasteiger partial charge in [-0.1, -0.05) is 88.2 Å². The summed E-state index contributed by atoms with van der Waals surface area (Å²) in [6.45, 7) is 4.63. The van der Waals surface area contributed by atoms with E-state index in [1.807, 2.05) is 31.2 Å². The average molecular weight is 479 g/mol. The molecule has 1 N–H and O–H groups in total. The lowest BCUT2D eigenvalue weighted by molar-refractivity contribution is 0.349. The Kier molecular flexibility index (Phi) is 13.6. The normalized spacial score (nSPS) is 13.2. The Bertz CT molecular complexity index is 888. The third kappa shape index (κ3) is 9.65. The lowest BCUT2D eigenvalue weighted by atomic mass is 9.88. The zero-order chi connectivity index (χ0) is 23.3. The molecule has 4 rings (SSSR count).